The second-order valence-corrected chi connectivity index (χ2v) is 9.59. The summed E-state index contributed by atoms with van der Waals surface area (Å²) in [6.07, 6.45) is -1.15. The minimum absolute atomic E-state index is 0.000143. The maximum absolute atomic E-state index is 12.6. The number of hydrogen-bond donors (Lipinski definition) is 1. The predicted octanol–water partition coefficient (Wildman–Crippen LogP) is 2.17. The molecule has 1 saturated heterocycles. The SMILES string of the molecule is CCOC(=O)CCNC(=O)[C@@H]1O[P@@](=O)(OCOC(=O)C(C)(C)C)OCC1(C)C. The van der Waals surface area contributed by atoms with Gasteiger partial charge in [0.25, 0.3) is 0 Å². The average molecular weight is 423 g/mol. The Morgan fingerprint density at radius 1 is 1.21 bits per heavy atom. The lowest BCUT2D eigenvalue weighted by atomic mass is 9.87. The van der Waals surface area contributed by atoms with E-state index in [1.54, 1.807) is 41.5 Å². The molecule has 1 amide bonds. The maximum Gasteiger partial charge on any atom is 0.478 e. The predicted molar refractivity (Wildman–Crippen MR) is 98.0 cm³/mol. The van der Waals surface area contributed by atoms with Gasteiger partial charge >= 0.3 is 19.8 Å². The Hall–Kier alpha value is -1.48. The number of amides is 1. The fraction of sp³-hybridized carbons (Fsp3) is 0.824. The molecule has 0 aliphatic carbocycles. The van der Waals surface area contributed by atoms with Crippen LogP contribution in [0.2, 0.25) is 0 Å². The van der Waals surface area contributed by atoms with E-state index in [2.05, 4.69) is 5.32 Å². The molecule has 1 N–H and O–H groups in total. The van der Waals surface area contributed by atoms with Crippen molar-refractivity contribution in [1.82, 2.24) is 5.32 Å². The van der Waals surface area contributed by atoms with Gasteiger partial charge in [0, 0.05) is 12.0 Å². The van der Waals surface area contributed by atoms with Crippen LogP contribution in [0.1, 0.15) is 48.0 Å². The Bertz CT molecular complexity index is 627. The smallest absolute Gasteiger partial charge is 0.466 e. The molecule has 2 atom stereocenters. The molecule has 1 aliphatic rings. The van der Waals surface area contributed by atoms with E-state index in [0.717, 1.165) is 0 Å². The van der Waals surface area contributed by atoms with Gasteiger partial charge in [-0.3, -0.25) is 23.4 Å². The minimum Gasteiger partial charge on any atom is -0.466 e. The van der Waals surface area contributed by atoms with E-state index in [1.807, 2.05) is 0 Å². The van der Waals surface area contributed by atoms with Gasteiger partial charge in [0.15, 0.2) is 6.10 Å². The zero-order valence-corrected chi connectivity index (χ0v) is 18.1. The van der Waals surface area contributed by atoms with Crippen LogP contribution in [-0.2, 0) is 42.0 Å². The van der Waals surface area contributed by atoms with Crippen LogP contribution < -0.4 is 5.32 Å². The Morgan fingerprint density at radius 2 is 1.86 bits per heavy atom. The van der Waals surface area contributed by atoms with Crippen LogP contribution in [0, 0.1) is 10.8 Å². The van der Waals surface area contributed by atoms with Gasteiger partial charge in [-0.2, -0.15) is 0 Å². The summed E-state index contributed by atoms with van der Waals surface area (Å²) < 4.78 is 37.8. The van der Waals surface area contributed by atoms with E-state index < -0.39 is 49.4 Å². The molecule has 0 bridgehead atoms. The summed E-state index contributed by atoms with van der Waals surface area (Å²) in [5.41, 5.74) is -1.55. The van der Waals surface area contributed by atoms with E-state index >= 15 is 0 Å². The number of ether oxygens (including phenoxy) is 2. The first-order chi connectivity index (χ1) is 12.8. The summed E-state index contributed by atoms with van der Waals surface area (Å²) in [6.45, 7) is 9.64. The molecular weight excluding hydrogens is 393 g/mol. The van der Waals surface area contributed by atoms with Crippen LogP contribution in [0.4, 0.5) is 0 Å². The molecule has 0 aromatic rings. The van der Waals surface area contributed by atoms with Crippen LogP contribution in [0.5, 0.6) is 0 Å². The molecule has 0 spiro atoms. The van der Waals surface area contributed by atoms with Gasteiger partial charge in [0.2, 0.25) is 12.7 Å². The normalized spacial score (nSPS) is 24.3. The highest BCUT2D eigenvalue weighted by atomic mass is 31.2. The molecule has 1 rings (SSSR count). The highest BCUT2D eigenvalue weighted by molar-refractivity contribution is 7.48. The first kappa shape index (κ1) is 24.6. The van der Waals surface area contributed by atoms with Gasteiger partial charge in [0.1, 0.15) is 0 Å². The van der Waals surface area contributed by atoms with Gasteiger partial charge in [-0.25, -0.2) is 9.09 Å². The maximum atomic E-state index is 12.6. The van der Waals surface area contributed by atoms with Crippen LogP contribution in [0.3, 0.4) is 0 Å². The number of carbonyl (C=O) groups is 3. The third kappa shape index (κ3) is 7.50. The lowest BCUT2D eigenvalue weighted by Gasteiger charge is -2.39. The molecule has 0 aromatic carbocycles. The average Bonchev–Trinajstić information content (AvgIpc) is 2.56. The molecule has 11 heteroatoms. The monoisotopic (exact) mass is 423 g/mol. The van der Waals surface area contributed by atoms with Crippen molar-refractivity contribution in [2.24, 2.45) is 10.8 Å². The van der Waals surface area contributed by atoms with E-state index in [1.165, 1.54) is 0 Å². The number of phosphoric ester groups is 1. The molecule has 0 radical (unpaired) electrons. The largest absolute Gasteiger partial charge is 0.478 e. The van der Waals surface area contributed by atoms with Crippen LogP contribution in [0.25, 0.3) is 0 Å². The molecule has 1 heterocycles. The van der Waals surface area contributed by atoms with Gasteiger partial charge < -0.3 is 14.8 Å². The zero-order chi connectivity index (χ0) is 21.6. The fourth-order valence-electron chi connectivity index (χ4n) is 2.07. The summed E-state index contributed by atoms with van der Waals surface area (Å²) >= 11 is 0. The van der Waals surface area contributed by atoms with Crippen molar-refractivity contribution in [1.29, 1.82) is 0 Å². The summed E-state index contributed by atoms with van der Waals surface area (Å²) in [5, 5.41) is 2.55. The topological polar surface area (TPSA) is 126 Å². The van der Waals surface area contributed by atoms with Crippen molar-refractivity contribution in [2.45, 2.75) is 54.1 Å². The van der Waals surface area contributed by atoms with E-state index in [9.17, 15) is 18.9 Å². The van der Waals surface area contributed by atoms with E-state index in [0.29, 0.717) is 0 Å². The molecule has 1 aliphatic heterocycles. The highest BCUT2D eigenvalue weighted by Gasteiger charge is 2.49. The second kappa shape index (κ2) is 9.82. The third-order valence-electron chi connectivity index (χ3n) is 3.72. The van der Waals surface area contributed by atoms with E-state index in [4.69, 9.17) is 23.0 Å². The van der Waals surface area contributed by atoms with Crippen molar-refractivity contribution in [3.8, 4) is 0 Å². The molecule has 0 unspecified atom stereocenters. The lowest BCUT2D eigenvalue weighted by Crippen LogP contribution is -2.50. The quantitative estimate of drug-likeness (QED) is 0.355. The number of phosphoric acid groups is 1. The fourth-order valence-corrected chi connectivity index (χ4v) is 3.58. The number of nitrogens with one attached hydrogen (secondary N) is 1. The van der Waals surface area contributed by atoms with Gasteiger partial charge in [0.05, 0.1) is 25.0 Å². The van der Waals surface area contributed by atoms with Crippen LogP contribution in [-0.4, -0.2) is 50.5 Å². The summed E-state index contributed by atoms with van der Waals surface area (Å²) in [6, 6.07) is 0. The minimum atomic E-state index is -4.10. The number of carbonyl (C=O) groups excluding carboxylic acids is 3. The number of esters is 2. The molecule has 0 saturated carbocycles. The van der Waals surface area contributed by atoms with Gasteiger partial charge in [-0.1, -0.05) is 13.8 Å². The van der Waals surface area contributed by atoms with Crippen molar-refractivity contribution in [3.05, 3.63) is 0 Å². The Balaban J connectivity index is 2.62. The Kier molecular flexibility index (Phi) is 8.62. The van der Waals surface area contributed by atoms with Crippen LogP contribution >= 0.6 is 7.82 Å². The molecule has 162 valence electrons. The van der Waals surface area contributed by atoms with Crippen molar-refractivity contribution in [3.63, 3.8) is 0 Å². The Morgan fingerprint density at radius 3 is 2.43 bits per heavy atom. The first-order valence-corrected chi connectivity index (χ1v) is 10.4. The molecule has 1 fully saturated rings. The summed E-state index contributed by atoms with van der Waals surface area (Å²) in [5.74, 6) is -1.55. The number of hydrogen-bond acceptors (Lipinski definition) is 9. The first-order valence-electron chi connectivity index (χ1n) is 8.99. The van der Waals surface area contributed by atoms with Crippen LogP contribution in [0.15, 0.2) is 0 Å². The Labute approximate surface area is 165 Å². The van der Waals surface area contributed by atoms with Crippen molar-refractivity contribution in [2.75, 3.05) is 26.6 Å². The van der Waals surface area contributed by atoms with Gasteiger partial charge in [-0.15, -0.1) is 0 Å². The molecule has 28 heavy (non-hydrogen) atoms. The molecular formula is C17H30NO9P. The lowest BCUT2D eigenvalue weighted by molar-refractivity contribution is -0.163. The van der Waals surface area contributed by atoms with E-state index in [-0.39, 0.29) is 26.2 Å². The second-order valence-electron chi connectivity index (χ2n) is 7.97. The third-order valence-corrected chi connectivity index (χ3v) is 5.06. The van der Waals surface area contributed by atoms with Crippen molar-refractivity contribution < 1.29 is 42.0 Å². The highest BCUT2D eigenvalue weighted by Crippen LogP contribution is 2.57. The van der Waals surface area contributed by atoms with Crippen molar-refractivity contribution >= 4 is 25.7 Å². The standard InChI is InChI=1S/C17H30NO9P/c1-7-23-12(19)8-9-18-14(20)13-17(5,6)10-25-28(22,27-13)26-11-24-15(21)16(2,3)4/h13H,7-11H2,1-6H3,(H,18,20)/t13-,28+/m0/s1. The zero-order valence-electron chi connectivity index (χ0n) is 17.2. The summed E-state index contributed by atoms with van der Waals surface area (Å²) in [7, 11) is -4.10. The van der Waals surface area contributed by atoms with Gasteiger partial charge in [-0.05, 0) is 27.7 Å². The molecule has 0 aromatic heterocycles. The molecule has 10 nitrogen and oxygen atoms in total. The number of rotatable bonds is 8. The summed E-state index contributed by atoms with van der Waals surface area (Å²) in [4.78, 5) is 35.5.